The molecule has 2 aromatic rings. The smallest absolute Gasteiger partial charge is 0.222 e. The Hall–Kier alpha value is -1.61. The number of para-hydroxylation sites is 1. The lowest BCUT2D eigenvalue weighted by molar-refractivity contribution is -0.127. The van der Waals surface area contributed by atoms with Crippen molar-refractivity contribution in [3.8, 4) is 0 Å². The maximum atomic E-state index is 12.0. The molecule has 1 N–H and O–H groups in total. The van der Waals surface area contributed by atoms with E-state index in [-0.39, 0.29) is 24.0 Å². The van der Waals surface area contributed by atoms with E-state index in [4.69, 9.17) is 4.99 Å². The number of nitrogens with one attached hydrogen (secondary N) is 1. The first-order chi connectivity index (χ1) is 14.7. The highest BCUT2D eigenvalue weighted by molar-refractivity contribution is 14.0. The van der Waals surface area contributed by atoms with Gasteiger partial charge in [0.25, 0.3) is 0 Å². The highest BCUT2D eigenvalue weighted by Crippen LogP contribution is 2.38. The zero-order valence-corrected chi connectivity index (χ0v) is 21.6. The second kappa shape index (κ2) is 11.3. The molecule has 0 saturated carbocycles. The molecule has 2 atom stereocenters. The van der Waals surface area contributed by atoms with Gasteiger partial charge in [-0.1, -0.05) is 25.1 Å². The Morgan fingerprint density at radius 1 is 1.32 bits per heavy atom. The fraction of sp³-hybridized carbons (Fsp3) is 0.500. The molecular weight excluding hydrogens is 519 g/mol. The maximum absolute atomic E-state index is 12.0. The van der Waals surface area contributed by atoms with Crippen LogP contribution in [0.1, 0.15) is 56.1 Å². The fourth-order valence-corrected chi connectivity index (χ4v) is 5.26. The number of carbonyl (C=O) groups excluding carboxylic acids is 1. The van der Waals surface area contributed by atoms with E-state index < -0.39 is 0 Å². The molecule has 1 saturated heterocycles. The first-order valence-electron chi connectivity index (χ1n) is 11.1. The van der Waals surface area contributed by atoms with Crippen molar-refractivity contribution in [3.63, 3.8) is 0 Å². The molecule has 0 spiro atoms. The van der Waals surface area contributed by atoms with Gasteiger partial charge >= 0.3 is 0 Å². The summed E-state index contributed by atoms with van der Waals surface area (Å²) in [4.78, 5) is 21.4. The number of amides is 1. The van der Waals surface area contributed by atoms with Gasteiger partial charge in [0.15, 0.2) is 5.96 Å². The average Bonchev–Trinajstić information content (AvgIpc) is 3.50. The number of thiophene rings is 1. The molecule has 0 bridgehead atoms. The molecule has 1 aromatic carbocycles. The molecule has 4 rings (SSSR count). The van der Waals surface area contributed by atoms with E-state index in [2.05, 4.69) is 65.2 Å². The van der Waals surface area contributed by atoms with Gasteiger partial charge in [0.2, 0.25) is 5.91 Å². The van der Waals surface area contributed by atoms with Gasteiger partial charge in [0.1, 0.15) is 0 Å². The van der Waals surface area contributed by atoms with Crippen molar-refractivity contribution in [1.29, 1.82) is 0 Å². The summed E-state index contributed by atoms with van der Waals surface area (Å²) in [6.45, 7) is 8.66. The van der Waals surface area contributed by atoms with Gasteiger partial charge in [-0.25, -0.2) is 0 Å². The molecule has 168 valence electrons. The molecule has 1 aromatic heterocycles. The number of likely N-dealkylation sites (tertiary alicyclic amines) is 1. The van der Waals surface area contributed by atoms with E-state index in [0.29, 0.717) is 24.2 Å². The number of rotatable bonds is 7. The number of nitrogens with zero attached hydrogens (tertiary/aromatic N) is 3. The Bertz CT molecular complexity index is 885. The number of anilines is 1. The summed E-state index contributed by atoms with van der Waals surface area (Å²) < 4.78 is 0. The van der Waals surface area contributed by atoms with Crippen LogP contribution in [0.15, 0.2) is 46.1 Å². The number of fused-ring (bicyclic) bond motifs is 1. The van der Waals surface area contributed by atoms with Crippen LogP contribution in [-0.2, 0) is 4.79 Å². The number of hydrogen-bond acceptors (Lipinski definition) is 3. The first kappa shape index (κ1) is 24.0. The largest absolute Gasteiger partial charge is 0.356 e. The topological polar surface area (TPSA) is 47.9 Å². The quantitative estimate of drug-likeness (QED) is 0.297. The van der Waals surface area contributed by atoms with Gasteiger partial charge in [0.05, 0.1) is 0 Å². The normalized spacial score (nSPS) is 19.4. The van der Waals surface area contributed by atoms with E-state index >= 15 is 0 Å². The molecule has 0 radical (unpaired) electrons. The SMILES string of the molecule is CCNC(=NCC(C)c1ccsc1)N1CC(CCN2CCCC2=O)c2ccccc21.I. The van der Waals surface area contributed by atoms with Crippen molar-refractivity contribution < 1.29 is 4.79 Å². The van der Waals surface area contributed by atoms with Crippen LogP contribution in [0.3, 0.4) is 0 Å². The number of benzene rings is 1. The van der Waals surface area contributed by atoms with E-state index in [0.717, 1.165) is 51.5 Å². The fourth-order valence-electron chi connectivity index (χ4n) is 4.47. The predicted octanol–water partition coefficient (Wildman–Crippen LogP) is 5.05. The zero-order valence-electron chi connectivity index (χ0n) is 18.4. The number of guanidine groups is 1. The van der Waals surface area contributed by atoms with Crippen LogP contribution in [0.25, 0.3) is 0 Å². The van der Waals surface area contributed by atoms with E-state index in [9.17, 15) is 4.79 Å². The number of hydrogen-bond donors (Lipinski definition) is 1. The summed E-state index contributed by atoms with van der Waals surface area (Å²) >= 11 is 1.74. The molecule has 7 heteroatoms. The van der Waals surface area contributed by atoms with Gasteiger partial charge in [-0.2, -0.15) is 11.3 Å². The molecule has 1 fully saturated rings. The molecule has 31 heavy (non-hydrogen) atoms. The van der Waals surface area contributed by atoms with Crippen LogP contribution in [0.4, 0.5) is 5.69 Å². The van der Waals surface area contributed by atoms with Gasteiger partial charge in [-0.05, 0) is 53.8 Å². The molecule has 3 heterocycles. The van der Waals surface area contributed by atoms with Crippen LogP contribution in [0.2, 0.25) is 0 Å². The number of carbonyl (C=O) groups is 1. The van der Waals surface area contributed by atoms with Gasteiger partial charge < -0.3 is 15.1 Å². The highest BCUT2D eigenvalue weighted by atomic mass is 127. The molecule has 1 amide bonds. The summed E-state index contributed by atoms with van der Waals surface area (Å²) in [7, 11) is 0. The number of aliphatic imine (C=N–C) groups is 1. The van der Waals surface area contributed by atoms with Crippen LogP contribution < -0.4 is 10.2 Å². The van der Waals surface area contributed by atoms with E-state index in [1.807, 2.05) is 4.90 Å². The van der Waals surface area contributed by atoms with E-state index in [1.165, 1.54) is 16.8 Å². The van der Waals surface area contributed by atoms with Crippen molar-refractivity contribution in [2.24, 2.45) is 4.99 Å². The first-order valence-corrected chi connectivity index (χ1v) is 12.1. The zero-order chi connectivity index (χ0) is 20.9. The van der Waals surface area contributed by atoms with Crippen LogP contribution in [0.5, 0.6) is 0 Å². The van der Waals surface area contributed by atoms with Crippen LogP contribution in [0, 0.1) is 0 Å². The van der Waals surface area contributed by atoms with E-state index in [1.54, 1.807) is 11.3 Å². The van der Waals surface area contributed by atoms with Crippen molar-refractivity contribution in [3.05, 3.63) is 52.2 Å². The molecule has 0 aliphatic carbocycles. The van der Waals surface area contributed by atoms with Gasteiger partial charge in [-0.3, -0.25) is 9.79 Å². The molecule has 2 aliphatic heterocycles. The maximum Gasteiger partial charge on any atom is 0.222 e. The minimum Gasteiger partial charge on any atom is -0.356 e. The Balaban J connectivity index is 0.00000272. The third-order valence-corrected chi connectivity index (χ3v) is 6.91. The van der Waals surface area contributed by atoms with Crippen LogP contribution in [-0.4, -0.2) is 49.5 Å². The lowest BCUT2D eigenvalue weighted by Gasteiger charge is -2.24. The summed E-state index contributed by atoms with van der Waals surface area (Å²) in [6, 6.07) is 10.9. The number of halogens is 1. The Kier molecular flexibility index (Phi) is 8.77. The summed E-state index contributed by atoms with van der Waals surface area (Å²) in [5, 5.41) is 7.85. The van der Waals surface area contributed by atoms with Crippen molar-refractivity contribution in [2.75, 3.05) is 37.6 Å². The monoisotopic (exact) mass is 552 g/mol. The average molecular weight is 553 g/mol. The predicted molar refractivity (Wildman–Crippen MR) is 141 cm³/mol. The third-order valence-electron chi connectivity index (χ3n) is 6.21. The lowest BCUT2D eigenvalue weighted by Crippen LogP contribution is -2.41. The van der Waals surface area contributed by atoms with Gasteiger partial charge in [-0.15, -0.1) is 24.0 Å². The minimum absolute atomic E-state index is 0. The van der Waals surface area contributed by atoms with Gasteiger partial charge in [0, 0.05) is 56.7 Å². The summed E-state index contributed by atoms with van der Waals surface area (Å²) in [5.41, 5.74) is 3.98. The van der Waals surface area contributed by atoms with Crippen molar-refractivity contribution in [2.45, 2.75) is 44.9 Å². The minimum atomic E-state index is 0. The summed E-state index contributed by atoms with van der Waals surface area (Å²) in [6.07, 6.45) is 2.72. The lowest BCUT2D eigenvalue weighted by atomic mass is 9.98. The molecular formula is C24H33IN4OS. The second-order valence-corrected chi connectivity index (χ2v) is 9.07. The Morgan fingerprint density at radius 3 is 2.87 bits per heavy atom. The molecule has 2 unspecified atom stereocenters. The Labute approximate surface area is 206 Å². The molecule has 2 aliphatic rings. The summed E-state index contributed by atoms with van der Waals surface area (Å²) in [5.74, 6) is 2.11. The highest BCUT2D eigenvalue weighted by Gasteiger charge is 2.32. The van der Waals surface area contributed by atoms with Crippen LogP contribution >= 0.6 is 35.3 Å². The third kappa shape index (κ3) is 5.61. The van der Waals surface area contributed by atoms with Crippen molar-refractivity contribution >= 4 is 52.9 Å². The Morgan fingerprint density at radius 2 is 2.16 bits per heavy atom. The van der Waals surface area contributed by atoms with Crippen molar-refractivity contribution in [1.82, 2.24) is 10.2 Å². The molecule has 5 nitrogen and oxygen atoms in total. The second-order valence-electron chi connectivity index (χ2n) is 8.29. The standard InChI is InChI=1S/C24H32N4OS.HI/c1-3-25-24(26-15-18(2)20-11-14-30-17-20)28-16-19(21-7-4-5-8-22(21)28)10-13-27-12-6-9-23(27)29;/h4-5,7-8,11,14,17-19H,3,6,9-10,12-13,15-16H2,1-2H3,(H,25,26);1H.